The molecule has 2 heterocycles. The van der Waals surface area contributed by atoms with Crippen LogP contribution in [0.2, 0.25) is 0 Å². The minimum absolute atomic E-state index is 0.423. The van der Waals surface area contributed by atoms with E-state index in [1.54, 1.807) is 0 Å². The highest BCUT2D eigenvalue weighted by atomic mass is 79.9. The summed E-state index contributed by atoms with van der Waals surface area (Å²) >= 11 is 10.5. The van der Waals surface area contributed by atoms with E-state index in [0.29, 0.717) is 6.61 Å². The molecule has 3 aromatic rings. The van der Waals surface area contributed by atoms with Gasteiger partial charge in [-0.2, -0.15) is 0 Å². The zero-order valence-electron chi connectivity index (χ0n) is 10.9. The summed E-state index contributed by atoms with van der Waals surface area (Å²) in [5.74, 6) is 0.789. The number of aromatic nitrogens is 2. The van der Waals surface area contributed by atoms with Gasteiger partial charge in [-0.15, -0.1) is 0 Å². The Balaban J connectivity index is 1.81. The molecule has 3 nitrogen and oxygen atoms in total. The lowest BCUT2D eigenvalue weighted by atomic mass is 10.2. The fraction of sp³-hybridized carbons (Fsp3) is 0.133. The number of ether oxygens (including phenoxy) is 1. The lowest BCUT2D eigenvalue weighted by Crippen LogP contribution is -1.97. The number of nitrogens with zero attached hydrogens (tertiary/aromatic N) is 2. The minimum Gasteiger partial charge on any atom is -0.485 e. The molecule has 0 saturated carbocycles. The van der Waals surface area contributed by atoms with Crippen LogP contribution in [0.25, 0.3) is 5.65 Å². The molecule has 21 heavy (non-hydrogen) atoms. The van der Waals surface area contributed by atoms with Crippen molar-refractivity contribution in [3.05, 3.63) is 62.9 Å². The Bertz CT molecular complexity index is 729. The van der Waals surface area contributed by atoms with Crippen molar-refractivity contribution in [2.75, 3.05) is 0 Å². The average molecular weight is 475 g/mol. The Kier molecular flexibility index (Phi) is 4.66. The highest BCUT2D eigenvalue weighted by Gasteiger charge is 2.10. The van der Waals surface area contributed by atoms with Gasteiger partial charge in [-0.25, -0.2) is 4.98 Å². The molecule has 2 aromatic heterocycles. The fourth-order valence-electron chi connectivity index (χ4n) is 2.03. The van der Waals surface area contributed by atoms with Crippen LogP contribution >= 0.6 is 47.8 Å². The first-order valence-electron chi connectivity index (χ1n) is 6.26. The summed E-state index contributed by atoms with van der Waals surface area (Å²) in [5.41, 5.74) is 2.99. The van der Waals surface area contributed by atoms with Crippen molar-refractivity contribution in [3.63, 3.8) is 0 Å². The fourth-order valence-corrected chi connectivity index (χ4v) is 3.86. The molecule has 0 unspecified atom stereocenters. The number of alkyl halides is 1. The van der Waals surface area contributed by atoms with E-state index < -0.39 is 0 Å². The second-order valence-electron chi connectivity index (χ2n) is 4.51. The average Bonchev–Trinajstić information content (AvgIpc) is 2.88. The van der Waals surface area contributed by atoms with E-state index in [-0.39, 0.29) is 0 Å². The summed E-state index contributed by atoms with van der Waals surface area (Å²) in [7, 11) is 0. The first-order chi connectivity index (χ1) is 10.2. The molecule has 0 aliphatic rings. The van der Waals surface area contributed by atoms with Crippen molar-refractivity contribution in [3.8, 4) is 5.75 Å². The van der Waals surface area contributed by atoms with Crippen LogP contribution in [0.4, 0.5) is 0 Å². The SMILES string of the molecule is BrCc1cc(Br)c(OCc2cn3ccccc3n2)c(Br)c1. The van der Waals surface area contributed by atoms with Gasteiger partial charge in [-0.3, -0.25) is 0 Å². The summed E-state index contributed by atoms with van der Waals surface area (Å²) in [4.78, 5) is 4.52. The second kappa shape index (κ2) is 6.50. The van der Waals surface area contributed by atoms with Crippen LogP contribution in [-0.4, -0.2) is 9.38 Å². The first kappa shape index (κ1) is 15.1. The maximum Gasteiger partial charge on any atom is 0.148 e. The zero-order chi connectivity index (χ0) is 14.8. The number of pyridine rings is 1. The monoisotopic (exact) mass is 472 g/mol. The molecule has 0 spiro atoms. The van der Waals surface area contributed by atoms with E-state index in [2.05, 4.69) is 52.8 Å². The molecule has 0 saturated heterocycles. The molecule has 0 amide bonds. The van der Waals surface area contributed by atoms with Crippen molar-refractivity contribution in [2.45, 2.75) is 11.9 Å². The van der Waals surface area contributed by atoms with Gasteiger partial charge < -0.3 is 9.14 Å². The van der Waals surface area contributed by atoms with Gasteiger partial charge >= 0.3 is 0 Å². The minimum atomic E-state index is 0.423. The Labute approximate surface area is 147 Å². The van der Waals surface area contributed by atoms with E-state index >= 15 is 0 Å². The van der Waals surface area contributed by atoms with Gasteiger partial charge in [0.1, 0.15) is 18.0 Å². The Morgan fingerprint density at radius 2 is 1.90 bits per heavy atom. The number of halogens is 3. The Hall–Kier alpha value is -0.850. The van der Waals surface area contributed by atoms with E-state index in [1.807, 2.05) is 47.1 Å². The number of rotatable bonds is 4. The predicted octanol–water partition coefficient (Wildman–Crippen LogP) is 5.33. The molecule has 0 radical (unpaired) electrons. The van der Waals surface area contributed by atoms with Crippen LogP contribution in [0, 0.1) is 0 Å². The molecule has 0 aliphatic carbocycles. The largest absolute Gasteiger partial charge is 0.485 e. The van der Waals surface area contributed by atoms with E-state index in [4.69, 9.17) is 4.74 Å². The normalized spacial score (nSPS) is 11.0. The molecule has 1 aromatic carbocycles. The predicted molar refractivity (Wildman–Crippen MR) is 94.0 cm³/mol. The Morgan fingerprint density at radius 1 is 1.14 bits per heavy atom. The third-order valence-electron chi connectivity index (χ3n) is 2.99. The zero-order valence-corrected chi connectivity index (χ0v) is 15.7. The molecule has 0 aliphatic heterocycles. The number of benzene rings is 1. The lowest BCUT2D eigenvalue weighted by Gasteiger charge is -2.10. The van der Waals surface area contributed by atoms with Gasteiger partial charge in [0.2, 0.25) is 0 Å². The summed E-state index contributed by atoms with van der Waals surface area (Å²) in [6, 6.07) is 10.0. The van der Waals surface area contributed by atoms with Gasteiger partial charge in [0.25, 0.3) is 0 Å². The lowest BCUT2D eigenvalue weighted by molar-refractivity contribution is 0.298. The summed E-state index contributed by atoms with van der Waals surface area (Å²) in [5, 5.41) is 0.802. The highest BCUT2D eigenvalue weighted by Crippen LogP contribution is 2.35. The third-order valence-corrected chi connectivity index (χ3v) is 4.82. The van der Waals surface area contributed by atoms with Gasteiger partial charge in [-0.05, 0) is 61.7 Å². The van der Waals surface area contributed by atoms with Crippen LogP contribution in [0.1, 0.15) is 11.3 Å². The summed E-state index contributed by atoms with van der Waals surface area (Å²) < 4.78 is 9.73. The van der Waals surface area contributed by atoms with E-state index in [0.717, 1.165) is 31.4 Å². The molecule has 6 heteroatoms. The standard InChI is InChI=1S/C15H11Br3N2O/c16-7-10-5-12(17)15(13(18)6-10)21-9-11-8-20-4-2-1-3-14(20)19-11/h1-6,8H,7,9H2. The number of imidazole rings is 1. The summed E-state index contributed by atoms with van der Waals surface area (Å²) in [6.45, 7) is 0.423. The van der Waals surface area contributed by atoms with Crippen molar-refractivity contribution in [1.82, 2.24) is 9.38 Å². The van der Waals surface area contributed by atoms with Crippen LogP contribution in [-0.2, 0) is 11.9 Å². The van der Waals surface area contributed by atoms with Crippen LogP contribution in [0.5, 0.6) is 5.75 Å². The number of fused-ring (bicyclic) bond motifs is 1. The maximum atomic E-state index is 5.90. The molecule has 0 fully saturated rings. The van der Waals surface area contributed by atoms with Gasteiger partial charge in [-0.1, -0.05) is 22.0 Å². The topological polar surface area (TPSA) is 26.5 Å². The van der Waals surface area contributed by atoms with Crippen molar-refractivity contribution in [2.24, 2.45) is 0 Å². The van der Waals surface area contributed by atoms with E-state index in [9.17, 15) is 0 Å². The van der Waals surface area contributed by atoms with Crippen molar-refractivity contribution in [1.29, 1.82) is 0 Å². The molecule has 3 rings (SSSR count). The molecular formula is C15H11Br3N2O. The molecule has 0 N–H and O–H groups in total. The van der Waals surface area contributed by atoms with Crippen LogP contribution in [0.15, 0.2) is 51.7 Å². The molecule has 108 valence electrons. The van der Waals surface area contributed by atoms with Crippen LogP contribution < -0.4 is 4.74 Å². The smallest absolute Gasteiger partial charge is 0.148 e. The highest BCUT2D eigenvalue weighted by molar-refractivity contribution is 9.11. The quantitative estimate of drug-likeness (QED) is 0.477. The first-order valence-corrected chi connectivity index (χ1v) is 8.97. The summed E-state index contributed by atoms with van der Waals surface area (Å²) in [6.07, 6.45) is 3.95. The Morgan fingerprint density at radius 3 is 2.57 bits per heavy atom. The van der Waals surface area contributed by atoms with Gasteiger partial charge in [0.05, 0.1) is 14.6 Å². The van der Waals surface area contributed by atoms with E-state index in [1.165, 1.54) is 5.56 Å². The van der Waals surface area contributed by atoms with Crippen molar-refractivity contribution < 1.29 is 4.74 Å². The molecule has 0 atom stereocenters. The molecule has 0 bridgehead atoms. The number of hydrogen-bond donors (Lipinski definition) is 0. The van der Waals surface area contributed by atoms with Gasteiger partial charge in [0, 0.05) is 17.7 Å². The molecular weight excluding hydrogens is 464 g/mol. The van der Waals surface area contributed by atoms with Gasteiger partial charge in [0.15, 0.2) is 0 Å². The number of hydrogen-bond acceptors (Lipinski definition) is 2. The van der Waals surface area contributed by atoms with Crippen molar-refractivity contribution >= 4 is 53.4 Å². The maximum absolute atomic E-state index is 5.90. The third kappa shape index (κ3) is 3.33. The van der Waals surface area contributed by atoms with Crippen LogP contribution in [0.3, 0.4) is 0 Å². The second-order valence-corrected chi connectivity index (χ2v) is 6.78.